The van der Waals surface area contributed by atoms with E-state index in [2.05, 4.69) is 20.6 Å². The van der Waals surface area contributed by atoms with Crippen molar-refractivity contribution in [2.45, 2.75) is 6.92 Å². The Kier molecular flexibility index (Phi) is 7.22. The number of aryl methyl sites for hydroxylation is 1. The van der Waals surface area contributed by atoms with E-state index in [1.807, 2.05) is 25.1 Å². The van der Waals surface area contributed by atoms with Crippen LogP contribution in [-0.4, -0.2) is 35.5 Å². The van der Waals surface area contributed by atoms with Gasteiger partial charge in [-0.2, -0.15) is 0 Å². The summed E-state index contributed by atoms with van der Waals surface area (Å²) < 4.78 is 0. The summed E-state index contributed by atoms with van der Waals surface area (Å²) in [5, 5.41) is 6.96. The number of nitrogens with zero attached hydrogens (tertiary/aromatic N) is 2. The molecular formula is C14H18Cl2N4OS. The van der Waals surface area contributed by atoms with Crippen molar-refractivity contribution in [1.82, 2.24) is 20.6 Å². The molecule has 2 N–H and O–H groups in total. The van der Waals surface area contributed by atoms with Gasteiger partial charge in [-0.1, -0.05) is 6.07 Å². The summed E-state index contributed by atoms with van der Waals surface area (Å²) >= 11 is 1.40. The number of carbonyl (C=O) groups excluding carboxylic acids is 1. The molecule has 0 aliphatic carbocycles. The summed E-state index contributed by atoms with van der Waals surface area (Å²) in [6.07, 6.45) is 1.73. The Morgan fingerprint density at radius 1 is 1.41 bits per heavy atom. The summed E-state index contributed by atoms with van der Waals surface area (Å²) in [6.45, 7) is 4.56. The average molecular weight is 361 g/mol. The number of hydrogen-bond donors (Lipinski definition) is 2. The van der Waals surface area contributed by atoms with Crippen LogP contribution in [0.1, 0.15) is 15.4 Å². The average Bonchev–Trinajstić information content (AvgIpc) is 2.80. The Hall–Kier alpha value is -1.21. The van der Waals surface area contributed by atoms with Crippen LogP contribution >= 0.6 is 36.2 Å². The smallest absolute Gasteiger partial charge is 0.263 e. The molecule has 1 fully saturated rings. The highest BCUT2D eigenvalue weighted by Crippen LogP contribution is 2.26. The van der Waals surface area contributed by atoms with E-state index in [9.17, 15) is 4.79 Å². The monoisotopic (exact) mass is 360 g/mol. The minimum absolute atomic E-state index is 0. The Bertz CT molecular complexity index is 617. The number of hydrogen-bond acceptors (Lipinski definition) is 5. The lowest BCUT2D eigenvalue weighted by atomic mass is 10.0. The van der Waals surface area contributed by atoms with Crippen LogP contribution in [0.3, 0.4) is 0 Å². The maximum Gasteiger partial charge on any atom is 0.263 e. The van der Waals surface area contributed by atoms with E-state index >= 15 is 0 Å². The molecule has 5 nitrogen and oxygen atoms in total. The molecular weight excluding hydrogens is 343 g/mol. The number of pyridine rings is 1. The summed E-state index contributed by atoms with van der Waals surface area (Å²) in [5.74, 6) is 0.525. The number of rotatable bonds is 4. The second kappa shape index (κ2) is 8.43. The van der Waals surface area contributed by atoms with Gasteiger partial charge in [-0.3, -0.25) is 9.78 Å². The lowest BCUT2D eigenvalue weighted by Gasteiger charge is -2.26. The van der Waals surface area contributed by atoms with Crippen molar-refractivity contribution in [2.24, 2.45) is 5.92 Å². The number of amides is 1. The van der Waals surface area contributed by atoms with Crippen LogP contribution in [0, 0.1) is 12.8 Å². The van der Waals surface area contributed by atoms with Gasteiger partial charge in [0, 0.05) is 31.7 Å². The molecule has 0 spiro atoms. The van der Waals surface area contributed by atoms with Crippen molar-refractivity contribution in [1.29, 1.82) is 0 Å². The van der Waals surface area contributed by atoms with Crippen LogP contribution < -0.4 is 10.6 Å². The predicted molar refractivity (Wildman–Crippen MR) is 93.3 cm³/mol. The van der Waals surface area contributed by atoms with E-state index in [0.29, 0.717) is 10.8 Å². The van der Waals surface area contributed by atoms with Crippen molar-refractivity contribution in [2.75, 3.05) is 19.6 Å². The molecule has 1 aliphatic heterocycles. The van der Waals surface area contributed by atoms with E-state index in [0.717, 1.165) is 36.0 Å². The van der Waals surface area contributed by atoms with Gasteiger partial charge in [-0.25, -0.2) is 4.98 Å². The summed E-state index contributed by atoms with van der Waals surface area (Å²) in [4.78, 5) is 21.6. The normalized spacial score (nSPS) is 13.5. The standard InChI is InChI=1S/C14H16N4OS.2ClH/c1-9-12(13(19)17-8-10-6-15-7-10)20-14(18-9)11-4-2-3-5-16-11;;/h2-5,10,15H,6-8H2,1H3,(H,17,19);2*1H. The largest absolute Gasteiger partial charge is 0.351 e. The van der Waals surface area contributed by atoms with Gasteiger partial charge in [0.2, 0.25) is 0 Å². The van der Waals surface area contributed by atoms with Gasteiger partial charge in [0.15, 0.2) is 0 Å². The predicted octanol–water partition coefficient (Wildman–Crippen LogP) is 2.31. The van der Waals surface area contributed by atoms with E-state index in [-0.39, 0.29) is 30.7 Å². The molecule has 3 rings (SSSR count). The Morgan fingerprint density at radius 2 is 2.18 bits per heavy atom. The minimum atomic E-state index is -0.0333. The van der Waals surface area contributed by atoms with Crippen LogP contribution in [0.25, 0.3) is 10.7 Å². The summed E-state index contributed by atoms with van der Waals surface area (Å²) in [6, 6.07) is 5.69. The maximum atomic E-state index is 12.2. The van der Waals surface area contributed by atoms with Gasteiger partial charge >= 0.3 is 0 Å². The molecule has 0 atom stereocenters. The number of nitrogens with one attached hydrogen (secondary N) is 2. The van der Waals surface area contributed by atoms with Crippen molar-refractivity contribution >= 4 is 42.1 Å². The molecule has 0 aromatic carbocycles. The third-order valence-corrected chi connectivity index (χ3v) is 4.48. The van der Waals surface area contributed by atoms with Crippen LogP contribution in [-0.2, 0) is 0 Å². The second-order valence-corrected chi connectivity index (χ2v) is 5.88. The molecule has 2 aromatic heterocycles. The number of carbonyl (C=O) groups is 1. The van der Waals surface area contributed by atoms with Crippen LogP contribution in [0.15, 0.2) is 24.4 Å². The number of thiazole rings is 1. The minimum Gasteiger partial charge on any atom is -0.351 e. The Labute approximate surface area is 145 Å². The molecule has 120 valence electrons. The highest BCUT2D eigenvalue weighted by molar-refractivity contribution is 7.17. The fourth-order valence-corrected chi connectivity index (χ4v) is 2.98. The fourth-order valence-electron chi connectivity index (χ4n) is 2.02. The van der Waals surface area contributed by atoms with Crippen LogP contribution in [0.5, 0.6) is 0 Å². The molecule has 8 heteroatoms. The van der Waals surface area contributed by atoms with Gasteiger partial charge < -0.3 is 10.6 Å². The zero-order valence-electron chi connectivity index (χ0n) is 12.0. The van der Waals surface area contributed by atoms with Gasteiger partial charge in [0.05, 0.1) is 11.4 Å². The SMILES string of the molecule is Cc1nc(-c2ccccn2)sc1C(=O)NCC1CNC1.Cl.Cl. The van der Waals surface area contributed by atoms with Crippen LogP contribution in [0.2, 0.25) is 0 Å². The molecule has 0 saturated carbocycles. The topological polar surface area (TPSA) is 66.9 Å². The molecule has 0 unspecified atom stereocenters. The van der Waals surface area contributed by atoms with E-state index < -0.39 is 0 Å². The van der Waals surface area contributed by atoms with Gasteiger partial charge in [0.25, 0.3) is 5.91 Å². The molecule has 2 aromatic rings. The van der Waals surface area contributed by atoms with Crippen molar-refractivity contribution in [3.63, 3.8) is 0 Å². The van der Waals surface area contributed by atoms with E-state index in [4.69, 9.17) is 0 Å². The van der Waals surface area contributed by atoms with Crippen molar-refractivity contribution in [3.05, 3.63) is 35.0 Å². The molecule has 1 saturated heterocycles. The van der Waals surface area contributed by atoms with E-state index in [1.165, 1.54) is 11.3 Å². The second-order valence-electron chi connectivity index (χ2n) is 4.88. The first-order valence-electron chi connectivity index (χ1n) is 6.62. The molecule has 0 bridgehead atoms. The highest BCUT2D eigenvalue weighted by atomic mass is 35.5. The lowest BCUT2D eigenvalue weighted by molar-refractivity contribution is 0.0945. The maximum absolute atomic E-state index is 12.2. The number of halogens is 2. The summed E-state index contributed by atoms with van der Waals surface area (Å²) in [5.41, 5.74) is 1.57. The molecule has 1 amide bonds. The van der Waals surface area contributed by atoms with Crippen molar-refractivity contribution < 1.29 is 4.79 Å². The van der Waals surface area contributed by atoms with E-state index in [1.54, 1.807) is 6.20 Å². The summed E-state index contributed by atoms with van der Waals surface area (Å²) in [7, 11) is 0. The molecule has 3 heterocycles. The Morgan fingerprint density at radius 3 is 2.77 bits per heavy atom. The first kappa shape index (κ1) is 18.8. The zero-order chi connectivity index (χ0) is 13.9. The van der Waals surface area contributed by atoms with Gasteiger partial charge in [0.1, 0.15) is 9.88 Å². The fraction of sp³-hybridized carbons (Fsp3) is 0.357. The molecule has 0 radical (unpaired) electrons. The first-order valence-corrected chi connectivity index (χ1v) is 7.43. The molecule has 1 aliphatic rings. The molecule has 22 heavy (non-hydrogen) atoms. The lowest BCUT2D eigenvalue weighted by Crippen LogP contribution is -2.48. The quantitative estimate of drug-likeness (QED) is 0.877. The Balaban J connectivity index is 0.00000121. The zero-order valence-corrected chi connectivity index (χ0v) is 14.5. The highest BCUT2D eigenvalue weighted by Gasteiger charge is 2.20. The van der Waals surface area contributed by atoms with Gasteiger partial charge in [-0.05, 0) is 19.1 Å². The van der Waals surface area contributed by atoms with Gasteiger partial charge in [-0.15, -0.1) is 36.2 Å². The first-order chi connectivity index (χ1) is 9.74. The third kappa shape index (κ3) is 4.16. The van der Waals surface area contributed by atoms with Crippen molar-refractivity contribution in [3.8, 4) is 10.7 Å². The third-order valence-electron chi connectivity index (χ3n) is 3.30. The van der Waals surface area contributed by atoms with Crippen LogP contribution in [0.4, 0.5) is 0 Å². The number of aromatic nitrogens is 2.